The van der Waals surface area contributed by atoms with Crippen LogP contribution in [0.15, 0.2) is 11.8 Å². The number of aliphatic hydroxyl groups is 1. The minimum Gasteiger partial charge on any atom is -0.515 e. The van der Waals surface area contributed by atoms with Crippen molar-refractivity contribution in [2.75, 3.05) is 6.54 Å². The predicted molar refractivity (Wildman–Crippen MR) is 35.1 cm³/mol. The number of hydrogen-bond acceptors (Lipinski definition) is 3. The highest BCUT2D eigenvalue weighted by atomic mass is 16.4. The van der Waals surface area contributed by atoms with Crippen molar-refractivity contribution in [3.05, 3.63) is 11.8 Å². The zero-order valence-electron chi connectivity index (χ0n) is 5.65. The maximum Gasteiger partial charge on any atom is 0.414 e. The highest BCUT2D eigenvalue weighted by Crippen LogP contribution is 2.15. The van der Waals surface area contributed by atoms with Crippen molar-refractivity contribution >= 4 is 12.0 Å². The molecule has 1 rings (SSSR count). The van der Waals surface area contributed by atoms with Crippen LogP contribution in [0.1, 0.15) is 6.42 Å². The highest BCUT2D eigenvalue weighted by Gasteiger charge is 2.30. The smallest absolute Gasteiger partial charge is 0.414 e. The molecule has 60 valence electrons. The van der Waals surface area contributed by atoms with Crippen LogP contribution < -0.4 is 0 Å². The SMILES string of the molecule is O=C(O)N1CC/C(=C\O)C1=O. The van der Waals surface area contributed by atoms with Gasteiger partial charge in [0.05, 0.1) is 11.8 Å². The Labute approximate surface area is 62.5 Å². The molecule has 5 heteroatoms. The molecule has 5 nitrogen and oxygen atoms in total. The summed E-state index contributed by atoms with van der Waals surface area (Å²) in [6.45, 7) is 0.139. The van der Waals surface area contributed by atoms with Gasteiger partial charge in [-0.25, -0.2) is 9.69 Å². The molecule has 1 aliphatic rings. The molecular formula is C6H7NO4. The Kier molecular flexibility index (Phi) is 1.80. The molecule has 0 bridgehead atoms. The summed E-state index contributed by atoms with van der Waals surface area (Å²) in [5, 5.41) is 16.8. The van der Waals surface area contributed by atoms with Gasteiger partial charge in [-0.05, 0) is 6.42 Å². The number of likely N-dealkylation sites (tertiary alicyclic amines) is 1. The van der Waals surface area contributed by atoms with Gasteiger partial charge in [0.25, 0.3) is 5.91 Å². The quantitative estimate of drug-likeness (QED) is 0.392. The van der Waals surface area contributed by atoms with Crippen LogP contribution in [0.3, 0.4) is 0 Å². The van der Waals surface area contributed by atoms with Crippen LogP contribution in [0, 0.1) is 0 Å². The molecule has 0 radical (unpaired) electrons. The molecule has 0 aliphatic carbocycles. The fourth-order valence-electron chi connectivity index (χ4n) is 0.916. The van der Waals surface area contributed by atoms with Gasteiger partial charge < -0.3 is 10.2 Å². The van der Waals surface area contributed by atoms with E-state index < -0.39 is 12.0 Å². The van der Waals surface area contributed by atoms with Crippen molar-refractivity contribution in [3.8, 4) is 0 Å². The zero-order chi connectivity index (χ0) is 8.43. The molecule has 1 saturated heterocycles. The number of aliphatic hydroxyl groups excluding tert-OH is 1. The first kappa shape index (κ1) is 7.59. The third-order valence-electron chi connectivity index (χ3n) is 1.51. The Balaban J connectivity index is 2.79. The van der Waals surface area contributed by atoms with Crippen molar-refractivity contribution in [1.29, 1.82) is 0 Å². The predicted octanol–water partition coefficient (Wildman–Crippen LogP) is 0.339. The lowest BCUT2D eigenvalue weighted by Gasteiger charge is -2.05. The summed E-state index contributed by atoms with van der Waals surface area (Å²) in [5.41, 5.74) is 0.146. The fraction of sp³-hybridized carbons (Fsp3) is 0.333. The largest absolute Gasteiger partial charge is 0.515 e. The number of nitrogens with zero attached hydrogens (tertiary/aromatic N) is 1. The summed E-state index contributed by atoms with van der Waals surface area (Å²) >= 11 is 0. The van der Waals surface area contributed by atoms with Crippen LogP contribution in [0.4, 0.5) is 4.79 Å². The monoisotopic (exact) mass is 157 g/mol. The summed E-state index contributed by atoms with van der Waals surface area (Å²) in [4.78, 5) is 21.8. The summed E-state index contributed by atoms with van der Waals surface area (Å²) in [7, 11) is 0. The first-order chi connectivity index (χ1) is 5.16. The maximum absolute atomic E-state index is 10.9. The number of carbonyl (C=O) groups is 2. The Morgan fingerprint density at radius 3 is 2.55 bits per heavy atom. The minimum atomic E-state index is -1.27. The fourth-order valence-corrected chi connectivity index (χ4v) is 0.916. The number of amides is 2. The van der Waals surface area contributed by atoms with Gasteiger partial charge in [0.1, 0.15) is 0 Å². The van der Waals surface area contributed by atoms with Crippen molar-refractivity contribution in [1.82, 2.24) is 4.90 Å². The van der Waals surface area contributed by atoms with E-state index in [0.717, 1.165) is 0 Å². The van der Waals surface area contributed by atoms with Gasteiger partial charge in [-0.15, -0.1) is 0 Å². The molecule has 1 aliphatic heterocycles. The molecule has 1 fully saturated rings. The van der Waals surface area contributed by atoms with Gasteiger partial charge in [-0.1, -0.05) is 0 Å². The van der Waals surface area contributed by atoms with Gasteiger partial charge in [-0.3, -0.25) is 4.79 Å². The molecule has 2 amide bonds. The molecule has 1 heterocycles. The van der Waals surface area contributed by atoms with Gasteiger partial charge in [0, 0.05) is 6.54 Å². The van der Waals surface area contributed by atoms with Gasteiger partial charge >= 0.3 is 6.09 Å². The Morgan fingerprint density at radius 1 is 1.64 bits per heavy atom. The summed E-state index contributed by atoms with van der Waals surface area (Å²) in [5.74, 6) is -0.625. The molecule has 0 unspecified atom stereocenters. The lowest BCUT2D eigenvalue weighted by atomic mass is 10.3. The molecule has 0 saturated carbocycles. The van der Waals surface area contributed by atoms with Crippen LogP contribution in [0.25, 0.3) is 0 Å². The second-order valence-electron chi connectivity index (χ2n) is 2.14. The van der Waals surface area contributed by atoms with Crippen LogP contribution in [-0.2, 0) is 4.79 Å². The standard InChI is InChI=1S/C6H7NO4/c8-3-4-1-2-7(5(4)9)6(10)11/h3,8H,1-2H2,(H,10,11)/b4-3+. The molecule has 0 aromatic carbocycles. The van der Waals surface area contributed by atoms with Crippen LogP contribution in [-0.4, -0.2) is 33.7 Å². The third kappa shape index (κ3) is 1.17. The lowest BCUT2D eigenvalue weighted by Crippen LogP contribution is -2.30. The molecule has 0 aromatic heterocycles. The van der Waals surface area contributed by atoms with Crippen LogP contribution >= 0.6 is 0 Å². The Bertz CT molecular complexity index is 233. The number of carbonyl (C=O) groups excluding carboxylic acids is 1. The normalized spacial score (nSPS) is 21.3. The van der Waals surface area contributed by atoms with E-state index in [1.54, 1.807) is 0 Å². The van der Waals surface area contributed by atoms with Crippen molar-refractivity contribution in [2.24, 2.45) is 0 Å². The second kappa shape index (κ2) is 2.61. The molecule has 2 N–H and O–H groups in total. The second-order valence-corrected chi connectivity index (χ2v) is 2.14. The summed E-state index contributed by atoms with van der Waals surface area (Å²) in [6.07, 6.45) is -0.320. The van der Waals surface area contributed by atoms with Crippen molar-refractivity contribution in [3.63, 3.8) is 0 Å². The van der Waals surface area contributed by atoms with Gasteiger partial charge in [0.2, 0.25) is 0 Å². The minimum absolute atomic E-state index is 0.139. The number of carboxylic acid groups (broad SMARTS) is 1. The molecule has 0 atom stereocenters. The van der Waals surface area contributed by atoms with E-state index in [1.165, 1.54) is 0 Å². The number of rotatable bonds is 0. The first-order valence-electron chi connectivity index (χ1n) is 3.05. The van der Waals surface area contributed by atoms with E-state index in [1.807, 2.05) is 0 Å². The number of hydrogen-bond donors (Lipinski definition) is 2. The topological polar surface area (TPSA) is 77.8 Å². The van der Waals surface area contributed by atoms with Gasteiger partial charge in [-0.2, -0.15) is 0 Å². The Morgan fingerprint density at radius 2 is 2.27 bits per heavy atom. The average Bonchev–Trinajstić information content (AvgIpc) is 2.30. The lowest BCUT2D eigenvalue weighted by molar-refractivity contribution is -0.123. The van der Waals surface area contributed by atoms with Gasteiger partial charge in [0.15, 0.2) is 0 Å². The third-order valence-corrected chi connectivity index (χ3v) is 1.51. The van der Waals surface area contributed by atoms with Crippen LogP contribution in [0.5, 0.6) is 0 Å². The van der Waals surface area contributed by atoms with E-state index in [-0.39, 0.29) is 12.1 Å². The summed E-state index contributed by atoms with van der Waals surface area (Å²) < 4.78 is 0. The average molecular weight is 157 g/mol. The van der Waals surface area contributed by atoms with Crippen molar-refractivity contribution < 1.29 is 19.8 Å². The molecular weight excluding hydrogens is 150 g/mol. The van der Waals surface area contributed by atoms with E-state index >= 15 is 0 Å². The zero-order valence-corrected chi connectivity index (χ0v) is 5.65. The molecule has 11 heavy (non-hydrogen) atoms. The number of imide groups is 1. The summed E-state index contributed by atoms with van der Waals surface area (Å²) in [6, 6.07) is 0. The molecule has 0 aromatic rings. The molecule has 0 spiro atoms. The van der Waals surface area contributed by atoms with E-state index in [4.69, 9.17) is 10.2 Å². The highest BCUT2D eigenvalue weighted by molar-refractivity contribution is 6.03. The van der Waals surface area contributed by atoms with E-state index in [0.29, 0.717) is 17.6 Å². The Hall–Kier alpha value is -1.52. The maximum atomic E-state index is 10.9. The van der Waals surface area contributed by atoms with E-state index in [9.17, 15) is 9.59 Å². The van der Waals surface area contributed by atoms with E-state index in [2.05, 4.69) is 0 Å². The first-order valence-corrected chi connectivity index (χ1v) is 3.05. The van der Waals surface area contributed by atoms with Crippen LogP contribution in [0.2, 0.25) is 0 Å². The van der Waals surface area contributed by atoms with Crippen molar-refractivity contribution in [2.45, 2.75) is 6.42 Å².